The van der Waals surface area contributed by atoms with Crippen molar-refractivity contribution in [1.29, 1.82) is 0 Å². The van der Waals surface area contributed by atoms with Gasteiger partial charge < -0.3 is 5.11 Å². The summed E-state index contributed by atoms with van der Waals surface area (Å²) < 4.78 is 31.3. The van der Waals surface area contributed by atoms with Gasteiger partial charge in [0.15, 0.2) is 5.44 Å². The second-order valence-electron chi connectivity index (χ2n) is 6.07. The summed E-state index contributed by atoms with van der Waals surface area (Å²) in [6.45, 7) is 4.30. The lowest BCUT2D eigenvalue weighted by Gasteiger charge is -2.20. The zero-order chi connectivity index (χ0) is 16.1. The average Bonchev–Trinajstić information content (AvgIpc) is 2.43. The predicted molar refractivity (Wildman–Crippen MR) is 87.8 cm³/mol. The van der Waals surface area contributed by atoms with Crippen molar-refractivity contribution in [1.82, 2.24) is 0 Å². The third kappa shape index (κ3) is 11.1. The van der Waals surface area contributed by atoms with Crippen molar-refractivity contribution in [2.45, 2.75) is 96.3 Å². The van der Waals surface area contributed by atoms with Gasteiger partial charge in [0.2, 0.25) is 0 Å². The molecule has 0 aliphatic rings. The van der Waals surface area contributed by atoms with E-state index in [1.165, 1.54) is 25.7 Å². The smallest absolute Gasteiger partial charge is 0.292 e. The molecule has 0 heterocycles. The molecule has 0 saturated carbocycles. The maximum atomic E-state index is 11.1. The van der Waals surface area contributed by atoms with Gasteiger partial charge in [0, 0.05) is 5.92 Å². The van der Waals surface area contributed by atoms with Crippen LogP contribution in [0.3, 0.4) is 0 Å². The highest BCUT2D eigenvalue weighted by molar-refractivity contribution is 7.86. The molecule has 0 saturated heterocycles. The molecular weight excluding hydrogens is 288 g/mol. The van der Waals surface area contributed by atoms with Crippen LogP contribution in [-0.4, -0.2) is 23.5 Å². The zero-order valence-electron chi connectivity index (χ0n) is 13.8. The lowest BCUT2D eigenvalue weighted by molar-refractivity contribution is 0.151. The van der Waals surface area contributed by atoms with Crippen molar-refractivity contribution in [3.8, 4) is 0 Å². The third-order valence-electron chi connectivity index (χ3n) is 4.07. The minimum Gasteiger partial charge on any atom is -0.375 e. The van der Waals surface area contributed by atoms with E-state index >= 15 is 0 Å². The molecule has 0 aliphatic carbocycles. The van der Waals surface area contributed by atoms with Crippen LogP contribution >= 0.6 is 0 Å². The Morgan fingerprint density at radius 3 is 1.57 bits per heavy atom. The minimum atomic E-state index is -4.34. The van der Waals surface area contributed by atoms with Gasteiger partial charge in [0.1, 0.15) is 0 Å². The fourth-order valence-corrected chi connectivity index (χ4v) is 3.45. The van der Waals surface area contributed by atoms with Crippen LogP contribution in [0, 0.1) is 5.92 Å². The summed E-state index contributed by atoms with van der Waals surface area (Å²) in [5, 5.41) is 9.80. The minimum absolute atomic E-state index is 0.331. The van der Waals surface area contributed by atoms with E-state index in [1.54, 1.807) is 0 Å². The molecular formula is C16H34O4S. The maximum Gasteiger partial charge on any atom is 0.292 e. The van der Waals surface area contributed by atoms with Crippen LogP contribution in [0.1, 0.15) is 90.9 Å². The molecule has 0 aromatic carbocycles. The van der Waals surface area contributed by atoms with E-state index in [9.17, 15) is 13.5 Å². The first-order valence-electron chi connectivity index (χ1n) is 8.57. The van der Waals surface area contributed by atoms with Crippen LogP contribution in [0.2, 0.25) is 0 Å². The fraction of sp³-hybridized carbons (Fsp3) is 1.00. The number of aliphatic hydroxyl groups is 1. The van der Waals surface area contributed by atoms with Crippen LogP contribution in [0.25, 0.3) is 0 Å². The monoisotopic (exact) mass is 322 g/mol. The van der Waals surface area contributed by atoms with Crippen LogP contribution in [0.5, 0.6) is 0 Å². The van der Waals surface area contributed by atoms with Gasteiger partial charge in [-0.15, -0.1) is 0 Å². The van der Waals surface area contributed by atoms with Gasteiger partial charge in [-0.25, -0.2) is 0 Å². The molecule has 4 nitrogen and oxygen atoms in total. The summed E-state index contributed by atoms with van der Waals surface area (Å²) in [5.74, 6) is -0.331. The van der Waals surface area contributed by atoms with Crippen molar-refractivity contribution in [2.24, 2.45) is 5.92 Å². The second kappa shape index (κ2) is 12.4. The first kappa shape index (κ1) is 20.9. The number of hydrogen-bond donors (Lipinski definition) is 2. The van der Waals surface area contributed by atoms with E-state index < -0.39 is 15.6 Å². The lowest BCUT2D eigenvalue weighted by atomic mass is 9.95. The molecule has 0 spiro atoms. The lowest BCUT2D eigenvalue weighted by Crippen LogP contribution is -2.29. The number of aliphatic hydroxyl groups excluding tert-OH is 1. The number of hydrogen-bond acceptors (Lipinski definition) is 3. The largest absolute Gasteiger partial charge is 0.375 e. The molecule has 2 atom stereocenters. The van der Waals surface area contributed by atoms with Crippen LogP contribution in [-0.2, 0) is 10.1 Å². The molecule has 128 valence electrons. The summed E-state index contributed by atoms with van der Waals surface area (Å²) in [6.07, 6.45) is 12.4. The molecule has 0 amide bonds. The molecule has 0 bridgehead atoms. The Morgan fingerprint density at radius 2 is 1.14 bits per heavy atom. The molecule has 5 heteroatoms. The highest BCUT2D eigenvalue weighted by Crippen LogP contribution is 2.24. The van der Waals surface area contributed by atoms with Gasteiger partial charge in [0.05, 0.1) is 0 Å². The van der Waals surface area contributed by atoms with E-state index in [1.807, 2.05) is 0 Å². The quantitative estimate of drug-likeness (QED) is 0.364. The Labute approximate surface area is 131 Å². The van der Waals surface area contributed by atoms with E-state index in [2.05, 4.69) is 13.8 Å². The molecule has 0 aliphatic heterocycles. The normalized spacial score (nSPS) is 15.0. The van der Waals surface area contributed by atoms with Gasteiger partial charge in [-0.2, -0.15) is 8.42 Å². The van der Waals surface area contributed by atoms with Crippen molar-refractivity contribution < 1.29 is 18.1 Å². The predicted octanol–water partition coefficient (Wildman–Crippen LogP) is 4.53. The number of rotatable bonds is 14. The van der Waals surface area contributed by atoms with Gasteiger partial charge in [-0.1, -0.05) is 78.1 Å². The topological polar surface area (TPSA) is 74.6 Å². The summed E-state index contributed by atoms with van der Waals surface area (Å²) in [7, 11) is -4.34. The Balaban J connectivity index is 4.13. The summed E-state index contributed by atoms with van der Waals surface area (Å²) in [5.41, 5.74) is -1.62. The zero-order valence-corrected chi connectivity index (χ0v) is 14.6. The molecule has 0 radical (unpaired) electrons. The van der Waals surface area contributed by atoms with Crippen LogP contribution < -0.4 is 0 Å². The van der Waals surface area contributed by atoms with E-state index in [4.69, 9.17) is 4.55 Å². The van der Waals surface area contributed by atoms with Crippen molar-refractivity contribution in [3.05, 3.63) is 0 Å². The third-order valence-corrected chi connectivity index (χ3v) is 5.06. The average molecular weight is 323 g/mol. The maximum absolute atomic E-state index is 11.1. The SMILES string of the molecule is CCCCCCCCC(CCCCCC)C(O)S(=O)(=O)O. The summed E-state index contributed by atoms with van der Waals surface area (Å²) >= 11 is 0. The van der Waals surface area contributed by atoms with E-state index in [0.29, 0.717) is 12.8 Å². The molecule has 0 aromatic rings. The Kier molecular flexibility index (Phi) is 12.3. The van der Waals surface area contributed by atoms with Crippen molar-refractivity contribution in [3.63, 3.8) is 0 Å². The number of unbranched alkanes of at least 4 members (excludes halogenated alkanes) is 8. The standard InChI is InChI=1S/C16H34O4S/c1-3-5-7-9-10-12-14-15(13-11-8-6-4-2)16(17)21(18,19)20/h15-17H,3-14H2,1-2H3,(H,18,19,20). The highest BCUT2D eigenvalue weighted by atomic mass is 32.2. The Bertz CT molecular complexity index is 327. The van der Waals surface area contributed by atoms with E-state index in [0.717, 1.165) is 38.5 Å². The first-order chi connectivity index (χ1) is 9.93. The Morgan fingerprint density at radius 1 is 0.762 bits per heavy atom. The molecule has 21 heavy (non-hydrogen) atoms. The van der Waals surface area contributed by atoms with Crippen LogP contribution in [0.4, 0.5) is 0 Å². The fourth-order valence-electron chi connectivity index (χ4n) is 2.69. The van der Waals surface area contributed by atoms with Crippen molar-refractivity contribution in [2.75, 3.05) is 0 Å². The van der Waals surface area contributed by atoms with Gasteiger partial charge >= 0.3 is 0 Å². The van der Waals surface area contributed by atoms with Gasteiger partial charge in [-0.3, -0.25) is 4.55 Å². The molecule has 2 N–H and O–H groups in total. The van der Waals surface area contributed by atoms with Crippen molar-refractivity contribution >= 4 is 10.1 Å². The Hall–Kier alpha value is -0.130. The molecule has 0 rings (SSSR count). The second-order valence-corrected chi connectivity index (χ2v) is 7.58. The molecule has 2 unspecified atom stereocenters. The van der Waals surface area contributed by atoms with Crippen LogP contribution in [0.15, 0.2) is 0 Å². The molecule has 0 fully saturated rings. The van der Waals surface area contributed by atoms with Gasteiger partial charge in [0.25, 0.3) is 10.1 Å². The van der Waals surface area contributed by atoms with E-state index in [-0.39, 0.29) is 5.92 Å². The highest BCUT2D eigenvalue weighted by Gasteiger charge is 2.29. The summed E-state index contributed by atoms with van der Waals surface area (Å²) in [6, 6.07) is 0. The van der Waals surface area contributed by atoms with Gasteiger partial charge in [-0.05, 0) is 12.8 Å². The molecule has 0 aromatic heterocycles. The first-order valence-corrected chi connectivity index (χ1v) is 10.1. The summed E-state index contributed by atoms with van der Waals surface area (Å²) in [4.78, 5) is 0.